The van der Waals surface area contributed by atoms with Crippen molar-refractivity contribution in [2.75, 3.05) is 13.2 Å². The van der Waals surface area contributed by atoms with Crippen LogP contribution in [0.5, 0.6) is 0 Å². The van der Waals surface area contributed by atoms with Crippen molar-refractivity contribution in [3.05, 3.63) is 72.9 Å². The summed E-state index contributed by atoms with van der Waals surface area (Å²) in [6.45, 7) is 5.76. The average Bonchev–Trinajstić information content (AvgIpc) is 3.35. The molecule has 0 radical (unpaired) electrons. The van der Waals surface area contributed by atoms with E-state index >= 15 is 0 Å². The Kier molecular flexibility index (Phi) is 43.3. The van der Waals surface area contributed by atoms with Crippen molar-refractivity contribution in [3.8, 4) is 0 Å². The Hall–Kier alpha value is -3.84. The van der Waals surface area contributed by atoms with E-state index in [1.165, 1.54) is 51.4 Å². The molecule has 406 valence electrons. The molecule has 0 amide bonds. The van der Waals surface area contributed by atoms with E-state index in [1.54, 1.807) is 0 Å². The smallest absolute Gasteiger partial charge is 0.335 e. The van der Waals surface area contributed by atoms with Gasteiger partial charge in [-0.2, -0.15) is 0 Å². The Labute approximate surface area is 429 Å². The van der Waals surface area contributed by atoms with Gasteiger partial charge in [0.1, 0.15) is 18.8 Å². The number of rotatable bonds is 46. The van der Waals surface area contributed by atoms with E-state index in [0.717, 1.165) is 116 Å². The SMILES string of the molecule is CC/C=C\C/C=C\C/C=C\CCCCCC(=O)OC(COC(=O)CCCCCCCCC/C=C\C/C=C\CCCCC)COC1OC(C(=O)O)C(O)C(O)C1OC(=O)CCCCCCC/C=C\CCCC. The second-order valence-electron chi connectivity index (χ2n) is 18.8. The number of carboxylic acids is 1. The van der Waals surface area contributed by atoms with Crippen LogP contribution in [0.3, 0.4) is 0 Å². The summed E-state index contributed by atoms with van der Waals surface area (Å²) in [4.78, 5) is 50.9. The van der Waals surface area contributed by atoms with E-state index in [4.69, 9.17) is 23.7 Å². The number of unbranched alkanes of at least 4 members (excludes halogenated alkanes) is 20. The molecule has 3 N–H and O–H groups in total. The molecule has 0 aromatic carbocycles. The van der Waals surface area contributed by atoms with E-state index in [1.807, 2.05) is 0 Å². The van der Waals surface area contributed by atoms with Crippen LogP contribution in [0.25, 0.3) is 0 Å². The number of aliphatic carboxylic acids is 1. The molecular weight excluding hydrogens is 901 g/mol. The summed E-state index contributed by atoms with van der Waals surface area (Å²) in [5.41, 5.74) is 0. The molecule has 12 heteroatoms. The van der Waals surface area contributed by atoms with Crippen LogP contribution in [0.4, 0.5) is 0 Å². The summed E-state index contributed by atoms with van der Waals surface area (Å²) in [5.74, 6) is -3.19. The number of carboxylic acid groups (broad SMARTS) is 1. The van der Waals surface area contributed by atoms with Crippen LogP contribution in [0.15, 0.2) is 72.9 Å². The molecule has 0 bridgehead atoms. The number of aliphatic hydroxyl groups excluding tert-OH is 2. The quantitative estimate of drug-likeness (QED) is 0.0228. The van der Waals surface area contributed by atoms with Gasteiger partial charge in [-0.05, 0) is 103 Å². The van der Waals surface area contributed by atoms with Crippen LogP contribution in [0, 0.1) is 0 Å². The molecule has 0 aromatic rings. The highest BCUT2D eigenvalue weighted by Gasteiger charge is 2.50. The van der Waals surface area contributed by atoms with E-state index in [2.05, 4.69) is 93.7 Å². The second-order valence-corrected chi connectivity index (χ2v) is 18.8. The van der Waals surface area contributed by atoms with Crippen molar-refractivity contribution in [1.29, 1.82) is 0 Å². The largest absolute Gasteiger partial charge is 0.479 e. The molecule has 0 aliphatic carbocycles. The Morgan fingerprint density at radius 1 is 0.479 bits per heavy atom. The number of carbonyl (C=O) groups is 4. The van der Waals surface area contributed by atoms with E-state index in [0.29, 0.717) is 19.3 Å². The molecule has 0 spiro atoms. The lowest BCUT2D eigenvalue weighted by Gasteiger charge is -2.40. The van der Waals surface area contributed by atoms with Crippen LogP contribution in [0.2, 0.25) is 0 Å². The number of hydrogen-bond acceptors (Lipinski definition) is 11. The fraction of sp³-hybridized carbons (Fsp3) is 0.729. The third-order valence-corrected chi connectivity index (χ3v) is 12.2. The Morgan fingerprint density at radius 2 is 0.901 bits per heavy atom. The van der Waals surface area contributed by atoms with Gasteiger partial charge >= 0.3 is 23.9 Å². The van der Waals surface area contributed by atoms with Crippen LogP contribution in [0.1, 0.15) is 226 Å². The van der Waals surface area contributed by atoms with Gasteiger partial charge in [0.2, 0.25) is 0 Å². The molecule has 12 nitrogen and oxygen atoms in total. The first-order valence-corrected chi connectivity index (χ1v) is 27.9. The van der Waals surface area contributed by atoms with Gasteiger partial charge in [0, 0.05) is 19.3 Å². The summed E-state index contributed by atoms with van der Waals surface area (Å²) in [5, 5.41) is 31.4. The van der Waals surface area contributed by atoms with Gasteiger partial charge in [-0.1, -0.05) is 177 Å². The average molecular weight is 999 g/mol. The van der Waals surface area contributed by atoms with Crippen molar-refractivity contribution in [2.24, 2.45) is 0 Å². The Balaban J connectivity index is 2.72. The van der Waals surface area contributed by atoms with Crippen LogP contribution in [-0.2, 0) is 42.9 Å². The summed E-state index contributed by atoms with van der Waals surface area (Å²) < 4.78 is 28.3. The van der Waals surface area contributed by atoms with Crippen LogP contribution < -0.4 is 0 Å². The third kappa shape index (κ3) is 37.6. The number of esters is 3. The van der Waals surface area contributed by atoms with E-state index < -0.39 is 67.3 Å². The molecule has 71 heavy (non-hydrogen) atoms. The molecule has 0 aromatic heterocycles. The van der Waals surface area contributed by atoms with Crippen LogP contribution >= 0.6 is 0 Å². The zero-order valence-corrected chi connectivity index (χ0v) is 44.4. The molecule has 6 unspecified atom stereocenters. The first-order chi connectivity index (χ1) is 34.6. The maximum absolute atomic E-state index is 13.1. The summed E-state index contributed by atoms with van der Waals surface area (Å²) in [6.07, 6.45) is 46.0. The predicted molar refractivity (Wildman–Crippen MR) is 285 cm³/mol. The molecule has 6 atom stereocenters. The summed E-state index contributed by atoms with van der Waals surface area (Å²) >= 11 is 0. The zero-order valence-electron chi connectivity index (χ0n) is 44.4. The molecule has 1 heterocycles. The zero-order chi connectivity index (χ0) is 51.8. The fourth-order valence-corrected chi connectivity index (χ4v) is 7.92. The second kappa shape index (κ2) is 47.2. The Morgan fingerprint density at radius 3 is 1.42 bits per heavy atom. The first-order valence-electron chi connectivity index (χ1n) is 27.9. The van der Waals surface area contributed by atoms with Crippen molar-refractivity contribution in [2.45, 2.75) is 263 Å². The normalized spacial score (nSPS) is 19.0. The minimum absolute atomic E-state index is 0.0436. The van der Waals surface area contributed by atoms with Crippen molar-refractivity contribution in [1.82, 2.24) is 0 Å². The Bertz CT molecular complexity index is 1510. The van der Waals surface area contributed by atoms with Gasteiger partial charge in [-0.25, -0.2) is 4.79 Å². The van der Waals surface area contributed by atoms with Crippen LogP contribution in [-0.4, -0.2) is 89.2 Å². The molecule has 0 saturated carbocycles. The highest BCUT2D eigenvalue weighted by atomic mass is 16.7. The standard InChI is InChI=1S/C59H98O12/c1-4-7-10-13-16-19-22-24-25-26-27-29-31-33-36-39-42-45-51(60)67-48-50(69-52(61)46-43-40-37-35-32-28-23-20-17-14-11-8-5-2)49-68-59-57(55(64)54(63)56(71-59)58(65)66)70-53(62)47-44-41-38-34-30-21-18-15-12-9-6-3/h8,11,15-20,24-25,28,32,50,54-57,59,63-64H,4-7,9-10,12-14,21-23,26-27,29-31,33-49H2,1-3H3,(H,65,66)/b11-8-,18-15-,19-16-,20-17-,25-24-,32-28-. The first kappa shape index (κ1) is 65.2. The number of aliphatic hydroxyl groups is 2. The summed E-state index contributed by atoms with van der Waals surface area (Å²) in [6, 6.07) is 0. The minimum Gasteiger partial charge on any atom is -0.479 e. The molecule has 1 saturated heterocycles. The van der Waals surface area contributed by atoms with Gasteiger partial charge in [0.25, 0.3) is 0 Å². The fourth-order valence-electron chi connectivity index (χ4n) is 7.92. The van der Waals surface area contributed by atoms with Crippen molar-refractivity contribution < 1.29 is 58.2 Å². The topological polar surface area (TPSA) is 175 Å². The lowest BCUT2D eigenvalue weighted by atomic mass is 9.98. The highest BCUT2D eigenvalue weighted by Crippen LogP contribution is 2.26. The van der Waals surface area contributed by atoms with Gasteiger partial charge in [-0.15, -0.1) is 0 Å². The lowest BCUT2D eigenvalue weighted by molar-refractivity contribution is -0.301. The molecule has 1 aliphatic rings. The van der Waals surface area contributed by atoms with Gasteiger partial charge in [0.15, 0.2) is 24.6 Å². The third-order valence-electron chi connectivity index (χ3n) is 12.2. The maximum Gasteiger partial charge on any atom is 0.335 e. The van der Waals surface area contributed by atoms with E-state index in [9.17, 15) is 34.5 Å². The molecule has 1 rings (SSSR count). The monoisotopic (exact) mass is 999 g/mol. The maximum atomic E-state index is 13.1. The summed E-state index contributed by atoms with van der Waals surface area (Å²) in [7, 11) is 0. The molecule has 1 aliphatic heterocycles. The van der Waals surface area contributed by atoms with Gasteiger partial charge < -0.3 is 39.0 Å². The predicted octanol–water partition coefficient (Wildman–Crippen LogP) is 13.8. The molecule has 1 fully saturated rings. The highest BCUT2D eigenvalue weighted by molar-refractivity contribution is 5.74. The van der Waals surface area contributed by atoms with Gasteiger partial charge in [0.05, 0.1) is 6.61 Å². The lowest BCUT2D eigenvalue weighted by Crippen LogP contribution is -2.61. The minimum atomic E-state index is -1.91. The van der Waals surface area contributed by atoms with Crippen molar-refractivity contribution >= 4 is 23.9 Å². The number of hydrogen-bond donors (Lipinski definition) is 3. The van der Waals surface area contributed by atoms with Gasteiger partial charge in [-0.3, -0.25) is 14.4 Å². The number of ether oxygens (including phenoxy) is 5. The number of allylic oxidation sites excluding steroid dienone is 12. The van der Waals surface area contributed by atoms with E-state index in [-0.39, 0.29) is 25.9 Å². The van der Waals surface area contributed by atoms with Crippen molar-refractivity contribution in [3.63, 3.8) is 0 Å². The molecular formula is C59H98O12. The number of carbonyl (C=O) groups excluding carboxylic acids is 3.